The number of carbonyl (C=O) groups is 3. The van der Waals surface area contributed by atoms with Crippen LogP contribution in [-0.2, 0) is 9.59 Å². The van der Waals surface area contributed by atoms with Crippen molar-refractivity contribution >= 4 is 40.6 Å². The first kappa shape index (κ1) is 23.2. The number of methoxy groups -OCH3 is 2. The van der Waals surface area contributed by atoms with Gasteiger partial charge in [0.1, 0.15) is 12.3 Å². The predicted octanol–water partition coefficient (Wildman–Crippen LogP) is 4.17. The molecule has 0 atom stereocenters. The van der Waals surface area contributed by atoms with Gasteiger partial charge in [0, 0.05) is 11.3 Å². The number of carbonyl (C=O) groups excluding carboxylic acids is 3. The number of benzene rings is 2. The van der Waals surface area contributed by atoms with E-state index in [1.807, 2.05) is 13.8 Å². The third kappa shape index (κ3) is 5.42. The Balaban J connectivity index is 1.75. The van der Waals surface area contributed by atoms with Gasteiger partial charge in [-0.15, -0.1) is 0 Å². The summed E-state index contributed by atoms with van der Waals surface area (Å²) in [6.07, 6.45) is 1.46. The number of rotatable bonds is 8. The number of ether oxygens (including phenoxy) is 3. The molecule has 9 heteroatoms. The maximum Gasteiger partial charge on any atom is 0.294 e. The fraction of sp³-hybridized carbons (Fsp3) is 0.261. The molecule has 1 fully saturated rings. The van der Waals surface area contributed by atoms with Gasteiger partial charge in [-0.05, 0) is 62.0 Å². The molecule has 3 rings (SSSR count). The Labute approximate surface area is 190 Å². The molecule has 0 aromatic heterocycles. The van der Waals surface area contributed by atoms with Crippen LogP contribution in [0, 0.1) is 0 Å². The zero-order valence-electron chi connectivity index (χ0n) is 18.2. The van der Waals surface area contributed by atoms with Gasteiger partial charge in [0.25, 0.3) is 11.1 Å². The number of hydrogen-bond donors (Lipinski definition) is 1. The van der Waals surface area contributed by atoms with Crippen molar-refractivity contribution in [3.63, 3.8) is 0 Å². The van der Waals surface area contributed by atoms with Crippen molar-refractivity contribution in [1.82, 2.24) is 4.90 Å². The molecule has 0 unspecified atom stereocenters. The standard InChI is InChI=1S/C23H24N2O6S/c1-14(2)31-21-15(6-5-7-18(21)30-4)12-19-22(27)25(23(28)32-19)13-20(26)24-16-8-10-17(29-3)11-9-16/h5-12,14H,13H2,1-4H3,(H,24,26)/b19-12+. The number of thioether (sulfide) groups is 1. The van der Waals surface area contributed by atoms with Crippen molar-refractivity contribution in [2.75, 3.05) is 26.1 Å². The molecule has 1 heterocycles. The Bertz CT molecular complexity index is 1050. The molecule has 1 N–H and O–H groups in total. The highest BCUT2D eigenvalue weighted by Crippen LogP contribution is 2.37. The van der Waals surface area contributed by atoms with Crippen LogP contribution in [0.4, 0.5) is 10.5 Å². The summed E-state index contributed by atoms with van der Waals surface area (Å²) in [6, 6.07) is 12.0. The minimum atomic E-state index is -0.539. The van der Waals surface area contributed by atoms with Crippen LogP contribution in [0.2, 0.25) is 0 Å². The number of nitrogens with zero attached hydrogens (tertiary/aromatic N) is 1. The summed E-state index contributed by atoms with van der Waals surface area (Å²) in [7, 11) is 3.08. The van der Waals surface area contributed by atoms with E-state index in [1.165, 1.54) is 7.11 Å². The monoisotopic (exact) mass is 456 g/mol. The molecule has 0 spiro atoms. The van der Waals surface area contributed by atoms with Crippen molar-refractivity contribution < 1.29 is 28.6 Å². The van der Waals surface area contributed by atoms with E-state index in [0.29, 0.717) is 28.5 Å². The molecule has 2 aromatic rings. The fourth-order valence-electron chi connectivity index (χ4n) is 2.97. The van der Waals surface area contributed by atoms with Gasteiger partial charge in [-0.3, -0.25) is 19.3 Å². The first-order valence-corrected chi connectivity index (χ1v) is 10.7. The normalized spacial score (nSPS) is 14.8. The number of anilines is 1. The van der Waals surface area contributed by atoms with Crippen molar-refractivity contribution in [3.05, 3.63) is 52.9 Å². The summed E-state index contributed by atoms with van der Waals surface area (Å²) in [5.41, 5.74) is 1.14. The van der Waals surface area contributed by atoms with Crippen LogP contribution in [0.15, 0.2) is 47.4 Å². The smallest absolute Gasteiger partial charge is 0.294 e. The second-order valence-electron chi connectivity index (χ2n) is 7.09. The largest absolute Gasteiger partial charge is 0.497 e. The maximum absolute atomic E-state index is 12.8. The molecule has 168 valence electrons. The molecule has 32 heavy (non-hydrogen) atoms. The molecular formula is C23H24N2O6S. The molecule has 1 aliphatic heterocycles. The lowest BCUT2D eigenvalue weighted by Crippen LogP contribution is -2.36. The second kappa shape index (κ2) is 10.2. The lowest BCUT2D eigenvalue weighted by Gasteiger charge is -2.16. The molecule has 1 aliphatic rings. The van der Waals surface area contributed by atoms with Crippen LogP contribution < -0.4 is 19.5 Å². The third-order valence-electron chi connectivity index (χ3n) is 4.42. The molecular weight excluding hydrogens is 432 g/mol. The Kier molecular flexibility index (Phi) is 7.42. The molecule has 3 amide bonds. The van der Waals surface area contributed by atoms with Gasteiger partial charge >= 0.3 is 0 Å². The minimum Gasteiger partial charge on any atom is -0.497 e. The summed E-state index contributed by atoms with van der Waals surface area (Å²) in [5.74, 6) is 0.629. The summed E-state index contributed by atoms with van der Waals surface area (Å²) >= 11 is 0.777. The predicted molar refractivity (Wildman–Crippen MR) is 123 cm³/mol. The summed E-state index contributed by atoms with van der Waals surface area (Å²) < 4.78 is 16.3. The van der Waals surface area contributed by atoms with Gasteiger partial charge in [-0.1, -0.05) is 12.1 Å². The number of amides is 3. The van der Waals surface area contributed by atoms with E-state index in [0.717, 1.165) is 16.7 Å². The van der Waals surface area contributed by atoms with Gasteiger partial charge in [0.05, 0.1) is 25.2 Å². The van der Waals surface area contributed by atoms with Gasteiger partial charge in [-0.25, -0.2) is 0 Å². The second-order valence-corrected chi connectivity index (χ2v) is 8.08. The highest BCUT2D eigenvalue weighted by Gasteiger charge is 2.36. The molecule has 0 radical (unpaired) electrons. The van der Waals surface area contributed by atoms with E-state index >= 15 is 0 Å². The number of nitrogens with one attached hydrogen (secondary N) is 1. The average molecular weight is 457 g/mol. The Morgan fingerprint density at radius 2 is 1.81 bits per heavy atom. The van der Waals surface area contributed by atoms with Crippen LogP contribution >= 0.6 is 11.8 Å². The van der Waals surface area contributed by atoms with Gasteiger partial charge < -0.3 is 19.5 Å². The molecule has 8 nitrogen and oxygen atoms in total. The Morgan fingerprint density at radius 3 is 2.44 bits per heavy atom. The van der Waals surface area contributed by atoms with Crippen LogP contribution in [-0.4, -0.2) is 48.8 Å². The highest BCUT2D eigenvalue weighted by atomic mass is 32.2. The van der Waals surface area contributed by atoms with Gasteiger partial charge in [0.2, 0.25) is 5.91 Å². The fourth-order valence-corrected chi connectivity index (χ4v) is 3.79. The number of para-hydroxylation sites is 1. The van der Waals surface area contributed by atoms with Crippen LogP contribution in [0.1, 0.15) is 19.4 Å². The number of imide groups is 1. The third-order valence-corrected chi connectivity index (χ3v) is 5.33. The zero-order chi connectivity index (χ0) is 23.3. The van der Waals surface area contributed by atoms with Crippen molar-refractivity contribution in [2.45, 2.75) is 20.0 Å². The first-order chi connectivity index (χ1) is 15.3. The lowest BCUT2D eigenvalue weighted by molar-refractivity contribution is -0.127. The summed E-state index contributed by atoms with van der Waals surface area (Å²) in [6.45, 7) is 3.37. The molecule has 0 aliphatic carbocycles. The Morgan fingerprint density at radius 1 is 1.09 bits per heavy atom. The van der Waals surface area contributed by atoms with E-state index in [-0.39, 0.29) is 17.6 Å². The van der Waals surface area contributed by atoms with Crippen molar-refractivity contribution in [1.29, 1.82) is 0 Å². The summed E-state index contributed by atoms with van der Waals surface area (Å²) in [5, 5.41) is 2.15. The van der Waals surface area contributed by atoms with Gasteiger partial charge in [-0.2, -0.15) is 0 Å². The van der Waals surface area contributed by atoms with E-state index in [2.05, 4.69) is 5.32 Å². The van der Waals surface area contributed by atoms with E-state index in [4.69, 9.17) is 14.2 Å². The average Bonchev–Trinajstić information content (AvgIpc) is 3.02. The molecule has 0 bridgehead atoms. The molecule has 0 saturated carbocycles. The Hall–Kier alpha value is -3.46. The van der Waals surface area contributed by atoms with Crippen molar-refractivity contribution in [2.24, 2.45) is 0 Å². The summed E-state index contributed by atoms with van der Waals surface area (Å²) in [4.78, 5) is 38.7. The quantitative estimate of drug-likeness (QED) is 0.596. The van der Waals surface area contributed by atoms with Crippen LogP contribution in [0.3, 0.4) is 0 Å². The minimum absolute atomic E-state index is 0.116. The van der Waals surface area contributed by atoms with Crippen molar-refractivity contribution in [3.8, 4) is 17.2 Å². The topological polar surface area (TPSA) is 94.2 Å². The maximum atomic E-state index is 12.8. The van der Waals surface area contributed by atoms with E-state index < -0.39 is 17.1 Å². The highest BCUT2D eigenvalue weighted by molar-refractivity contribution is 8.18. The van der Waals surface area contributed by atoms with E-state index in [9.17, 15) is 14.4 Å². The zero-order valence-corrected chi connectivity index (χ0v) is 19.0. The lowest BCUT2D eigenvalue weighted by atomic mass is 10.1. The number of hydrogen-bond acceptors (Lipinski definition) is 7. The van der Waals surface area contributed by atoms with E-state index in [1.54, 1.807) is 55.7 Å². The van der Waals surface area contributed by atoms with Crippen LogP contribution in [0.5, 0.6) is 17.2 Å². The SMILES string of the molecule is COc1ccc(NC(=O)CN2C(=O)S/C(=C/c3cccc(OC)c3OC(C)C)C2=O)cc1. The first-order valence-electron chi connectivity index (χ1n) is 9.85. The van der Waals surface area contributed by atoms with Crippen LogP contribution in [0.25, 0.3) is 6.08 Å². The van der Waals surface area contributed by atoms with Gasteiger partial charge in [0.15, 0.2) is 11.5 Å². The molecule has 1 saturated heterocycles. The molecule has 2 aromatic carbocycles.